The van der Waals surface area contributed by atoms with Crippen LogP contribution in [0.1, 0.15) is 12.0 Å². The van der Waals surface area contributed by atoms with E-state index < -0.39 is 11.6 Å². The molecule has 1 rings (SSSR count). The molecule has 2 nitrogen and oxygen atoms in total. The Morgan fingerprint density at radius 2 is 1.92 bits per heavy atom. The SMILES string of the molecule is NC(Cl)C(O)CCc1ccccc1. The van der Waals surface area contributed by atoms with E-state index in [1.165, 1.54) is 5.56 Å². The van der Waals surface area contributed by atoms with Crippen LogP contribution >= 0.6 is 11.6 Å². The molecule has 0 spiro atoms. The predicted molar refractivity (Wildman–Crippen MR) is 54.6 cm³/mol. The van der Waals surface area contributed by atoms with Crippen LogP contribution in [0.15, 0.2) is 30.3 Å². The maximum Gasteiger partial charge on any atom is 0.106 e. The summed E-state index contributed by atoms with van der Waals surface area (Å²) < 4.78 is 0. The molecule has 0 aliphatic heterocycles. The van der Waals surface area contributed by atoms with Gasteiger partial charge in [-0.15, -0.1) is 11.6 Å². The van der Waals surface area contributed by atoms with E-state index in [0.717, 1.165) is 6.42 Å². The Morgan fingerprint density at radius 1 is 1.31 bits per heavy atom. The highest BCUT2D eigenvalue weighted by atomic mass is 35.5. The van der Waals surface area contributed by atoms with Crippen LogP contribution in [0.25, 0.3) is 0 Å². The van der Waals surface area contributed by atoms with Crippen molar-refractivity contribution in [3.8, 4) is 0 Å². The predicted octanol–water partition coefficient (Wildman–Crippen LogP) is 1.50. The first-order valence-electron chi connectivity index (χ1n) is 4.32. The van der Waals surface area contributed by atoms with Crippen molar-refractivity contribution in [1.82, 2.24) is 0 Å². The van der Waals surface area contributed by atoms with Crippen molar-refractivity contribution in [1.29, 1.82) is 0 Å². The van der Waals surface area contributed by atoms with Gasteiger partial charge in [-0.05, 0) is 18.4 Å². The average molecular weight is 200 g/mol. The summed E-state index contributed by atoms with van der Waals surface area (Å²) in [4.78, 5) is 0. The van der Waals surface area contributed by atoms with Gasteiger partial charge in [0.15, 0.2) is 0 Å². The molecule has 0 bridgehead atoms. The number of nitrogens with two attached hydrogens (primary N) is 1. The molecule has 0 saturated carbocycles. The average Bonchev–Trinajstić information content (AvgIpc) is 2.15. The molecule has 0 amide bonds. The fourth-order valence-corrected chi connectivity index (χ4v) is 1.24. The van der Waals surface area contributed by atoms with Crippen molar-refractivity contribution in [2.75, 3.05) is 0 Å². The molecule has 0 saturated heterocycles. The maximum absolute atomic E-state index is 9.33. The van der Waals surface area contributed by atoms with Gasteiger partial charge in [0.25, 0.3) is 0 Å². The Balaban J connectivity index is 2.35. The monoisotopic (exact) mass is 199 g/mol. The van der Waals surface area contributed by atoms with Gasteiger partial charge in [0.2, 0.25) is 0 Å². The quantitative estimate of drug-likeness (QED) is 0.571. The Morgan fingerprint density at radius 3 is 2.46 bits per heavy atom. The second kappa shape index (κ2) is 5.22. The smallest absolute Gasteiger partial charge is 0.106 e. The summed E-state index contributed by atoms with van der Waals surface area (Å²) in [5.74, 6) is 0. The molecule has 2 atom stereocenters. The van der Waals surface area contributed by atoms with E-state index >= 15 is 0 Å². The van der Waals surface area contributed by atoms with Gasteiger partial charge in [-0.25, -0.2) is 0 Å². The molecular formula is C10H14ClNO. The Labute approximate surface area is 83.3 Å². The summed E-state index contributed by atoms with van der Waals surface area (Å²) in [7, 11) is 0. The summed E-state index contributed by atoms with van der Waals surface area (Å²) in [5.41, 5.74) is 5.85. The van der Waals surface area contributed by atoms with Crippen LogP contribution in [0, 0.1) is 0 Å². The first kappa shape index (κ1) is 10.5. The topological polar surface area (TPSA) is 46.2 Å². The summed E-state index contributed by atoms with van der Waals surface area (Å²) in [6.45, 7) is 0. The Hall–Kier alpha value is -0.570. The lowest BCUT2D eigenvalue weighted by molar-refractivity contribution is 0.161. The van der Waals surface area contributed by atoms with E-state index in [9.17, 15) is 5.11 Å². The number of rotatable bonds is 4. The molecule has 2 unspecified atom stereocenters. The molecule has 0 aromatic heterocycles. The largest absolute Gasteiger partial charge is 0.390 e. The van der Waals surface area contributed by atoms with E-state index in [0.29, 0.717) is 6.42 Å². The van der Waals surface area contributed by atoms with E-state index in [-0.39, 0.29) is 0 Å². The minimum absolute atomic E-state index is 0.606. The highest BCUT2D eigenvalue weighted by Crippen LogP contribution is 2.07. The Kier molecular flexibility index (Phi) is 4.22. The van der Waals surface area contributed by atoms with Crippen LogP contribution in [0.3, 0.4) is 0 Å². The number of benzene rings is 1. The third-order valence-corrected chi connectivity index (χ3v) is 2.23. The molecule has 0 fully saturated rings. The van der Waals surface area contributed by atoms with Crippen molar-refractivity contribution < 1.29 is 5.11 Å². The molecule has 13 heavy (non-hydrogen) atoms. The zero-order valence-electron chi connectivity index (χ0n) is 7.36. The van der Waals surface area contributed by atoms with Crippen molar-refractivity contribution in [2.24, 2.45) is 5.73 Å². The standard InChI is InChI=1S/C10H14ClNO/c11-10(12)9(13)7-6-8-4-2-1-3-5-8/h1-5,9-10,13H,6-7,12H2. The number of aliphatic hydroxyl groups excluding tert-OH is 1. The third-order valence-electron chi connectivity index (χ3n) is 1.94. The lowest BCUT2D eigenvalue weighted by atomic mass is 10.1. The molecular weight excluding hydrogens is 186 g/mol. The highest BCUT2D eigenvalue weighted by molar-refractivity contribution is 6.20. The lowest BCUT2D eigenvalue weighted by Gasteiger charge is -2.11. The van der Waals surface area contributed by atoms with Crippen molar-refractivity contribution in [3.05, 3.63) is 35.9 Å². The summed E-state index contributed by atoms with van der Waals surface area (Å²) in [6.07, 6.45) is 0.791. The van der Waals surface area contributed by atoms with Crippen molar-refractivity contribution >= 4 is 11.6 Å². The van der Waals surface area contributed by atoms with Crippen LogP contribution < -0.4 is 5.73 Å². The van der Waals surface area contributed by atoms with Crippen LogP contribution in [0.5, 0.6) is 0 Å². The number of alkyl halides is 1. The molecule has 0 heterocycles. The number of hydrogen-bond donors (Lipinski definition) is 2. The molecule has 3 N–H and O–H groups in total. The first-order chi connectivity index (χ1) is 6.20. The highest BCUT2D eigenvalue weighted by Gasteiger charge is 2.10. The van der Waals surface area contributed by atoms with Crippen LogP contribution in [-0.4, -0.2) is 16.7 Å². The summed E-state index contributed by atoms with van der Waals surface area (Å²) in [5, 5.41) is 9.33. The number of hydrogen-bond acceptors (Lipinski definition) is 2. The van der Waals surface area contributed by atoms with E-state index in [2.05, 4.69) is 0 Å². The van der Waals surface area contributed by atoms with E-state index in [1.807, 2.05) is 30.3 Å². The van der Waals surface area contributed by atoms with Crippen molar-refractivity contribution in [2.45, 2.75) is 24.4 Å². The molecule has 1 aromatic carbocycles. The summed E-state index contributed by atoms with van der Waals surface area (Å²) in [6, 6.07) is 9.96. The molecule has 3 heteroatoms. The molecule has 0 aliphatic carbocycles. The Bertz CT molecular complexity index is 238. The fourth-order valence-electron chi connectivity index (χ4n) is 1.12. The molecule has 1 aromatic rings. The number of halogens is 1. The van der Waals surface area contributed by atoms with Gasteiger partial charge in [0, 0.05) is 0 Å². The zero-order chi connectivity index (χ0) is 9.68. The summed E-state index contributed by atoms with van der Waals surface area (Å²) >= 11 is 5.52. The van der Waals surface area contributed by atoms with Gasteiger partial charge in [-0.2, -0.15) is 0 Å². The zero-order valence-corrected chi connectivity index (χ0v) is 8.11. The minimum Gasteiger partial charge on any atom is -0.390 e. The third kappa shape index (κ3) is 3.77. The van der Waals surface area contributed by atoms with Gasteiger partial charge in [0.05, 0.1) is 6.10 Å². The minimum atomic E-state index is -0.663. The van der Waals surface area contributed by atoms with Crippen LogP contribution in [0.4, 0.5) is 0 Å². The second-order valence-corrected chi connectivity index (χ2v) is 3.54. The number of aliphatic hydroxyl groups is 1. The fraction of sp³-hybridized carbons (Fsp3) is 0.400. The van der Waals surface area contributed by atoms with Gasteiger partial charge < -0.3 is 10.8 Å². The molecule has 72 valence electrons. The normalized spacial score (nSPS) is 15.3. The second-order valence-electron chi connectivity index (χ2n) is 3.04. The maximum atomic E-state index is 9.33. The van der Waals surface area contributed by atoms with Gasteiger partial charge in [0.1, 0.15) is 5.50 Å². The van der Waals surface area contributed by atoms with Crippen LogP contribution in [0.2, 0.25) is 0 Å². The van der Waals surface area contributed by atoms with E-state index in [1.54, 1.807) is 0 Å². The number of aryl methyl sites for hydroxylation is 1. The van der Waals surface area contributed by atoms with Gasteiger partial charge in [-0.3, -0.25) is 0 Å². The lowest BCUT2D eigenvalue weighted by Crippen LogP contribution is -2.29. The first-order valence-corrected chi connectivity index (χ1v) is 4.75. The molecule has 0 radical (unpaired) electrons. The van der Waals surface area contributed by atoms with Crippen LogP contribution in [-0.2, 0) is 6.42 Å². The van der Waals surface area contributed by atoms with Gasteiger partial charge >= 0.3 is 0 Å². The molecule has 0 aliphatic rings. The van der Waals surface area contributed by atoms with Crippen molar-refractivity contribution in [3.63, 3.8) is 0 Å². The van der Waals surface area contributed by atoms with Gasteiger partial charge in [-0.1, -0.05) is 30.3 Å². The van der Waals surface area contributed by atoms with E-state index in [4.69, 9.17) is 17.3 Å².